The van der Waals surface area contributed by atoms with E-state index in [0.717, 1.165) is 36.5 Å². The van der Waals surface area contributed by atoms with Crippen LogP contribution < -0.4 is 20.0 Å². The fourth-order valence-corrected chi connectivity index (χ4v) is 6.44. The van der Waals surface area contributed by atoms with Crippen molar-refractivity contribution < 1.29 is 33.5 Å². The molecule has 12 heteroatoms. The molecule has 0 spiro atoms. The lowest BCUT2D eigenvalue weighted by Gasteiger charge is -2.35. The van der Waals surface area contributed by atoms with E-state index in [2.05, 4.69) is 15.6 Å². The van der Waals surface area contributed by atoms with E-state index in [0.29, 0.717) is 17.2 Å². The summed E-state index contributed by atoms with van der Waals surface area (Å²) in [5.74, 6) is -0.817. The van der Waals surface area contributed by atoms with E-state index < -0.39 is 54.6 Å². The van der Waals surface area contributed by atoms with Crippen LogP contribution in [0.25, 0.3) is 10.8 Å². The zero-order valence-corrected chi connectivity index (χ0v) is 25.8. The van der Waals surface area contributed by atoms with Crippen molar-refractivity contribution in [2.24, 2.45) is 5.41 Å². The number of hydrogen-bond acceptors (Lipinski definition) is 8. The fraction of sp³-hybridized carbons (Fsp3) is 0.455. The molecule has 1 aromatic heterocycles. The molecule has 0 bridgehead atoms. The summed E-state index contributed by atoms with van der Waals surface area (Å²) in [6.45, 7) is 5.66. The molecule has 45 heavy (non-hydrogen) atoms. The first-order valence-electron chi connectivity index (χ1n) is 15.6. The third-order valence-corrected chi connectivity index (χ3v) is 8.80. The van der Waals surface area contributed by atoms with Crippen molar-refractivity contribution in [3.8, 4) is 11.6 Å². The van der Waals surface area contributed by atoms with E-state index in [1.54, 1.807) is 30.5 Å². The molecule has 3 heterocycles. The van der Waals surface area contributed by atoms with Crippen LogP contribution in [-0.2, 0) is 14.3 Å². The number of rotatable bonds is 7. The van der Waals surface area contributed by atoms with Gasteiger partial charge in [0.1, 0.15) is 36.0 Å². The summed E-state index contributed by atoms with van der Waals surface area (Å²) in [4.78, 5) is 47.1. The number of para-hydroxylation sites is 1. The SMILES string of the molecule is CC(C)(C)[C@H](NC(=O)OC1CCCC1)C(=O)N1C[C@H](Oc2nccc3ccccc23)C[C@H]1C(=O)NC1B(O)Oc2ccccc21. The zero-order chi connectivity index (χ0) is 31.7. The van der Waals surface area contributed by atoms with Crippen molar-refractivity contribution in [2.75, 3.05) is 6.54 Å². The summed E-state index contributed by atoms with van der Waals surface area (Å²) in [6.07, 6.45) is 4.07. The predicted molar refractivity (Wildman–Crippen MR) is 167 cm³/mol. The van der Waals surface area contributed by atoms with E-state index in [-0.39, 0.29) is 19.1 Å². The molecule has 1 saturated heterocycles. The van der Waals surface area contributed by atoms with Crippen molar-refractivity contribution in [3.63, 3.8) is 0 Å². The first-order chi connectivity index (χ1) is 21.6. The number of alkyl carbamates (subject to hydrolysis) is 1. The molecular weight excluding hydrogens is 575 g/mol. The van der Waals surface area contributed by atoms with E-state index in [1.807, 2.05) is 51.1 Å². The number of nitrogens with one attached hydrogen (secondary N) is 2. The normalized spacial score (nSPS) is 22.1. The van der Waals surface area contributed by atoms with Crippen molar-refractivity contribution in [2.45, 2.75) is 83.1 Å². The monoisotopic (exact) mass is 614 g/mol. The van der Waals surface area contributed by atoms with Gasteiger partial charge in [-0.2, -0.15) is 0 Å². The predicted octanol–water partition coefficient (Wildman–Crippen LogP) is 3.94. The highest BCUT2D eigenvalue weighted by Gasteiger charge is 2.48. The number of nitrogens with zero attached hydrogens (tertiary/aromatic N) is 2. The summed E-state index contributed by atoms with van der Waals surface area (Å²) in [5, 5.41) is 18.1. The first kappa shape index (κ1) is 30.7. The molecule has 0 radical (unpaired) electrons. The molecule has 1 unspecified atom stereocenters. The van der Waals surface area contributed by atoms with Crippen LogP contribution in [0.15, 0.2) is 60.8 Å². The van der Waals surface area contributed by atoms with E-state index in [9.17, 15) is 19.4 Å². The number of benzene rings is 2. The number of fused-ring (bicyclic) bond motifs is 2. The topological polar surface area (TPSA) is 139 Å². The summed E-state index contributed by atoms with van der Waals surface area (Å²) < 4.78 is 17.5. The standard InChI is InChI=1S/C33H39BN4O7/c1-33(2,3)27(36-32(41)44-21-11-5-6-12-21)31(40)38-19-22(43-30-23-13-7-4-10-20(23)16-17-35-30)18-25(38)29(39)37-28-24-14-8-9-15-26(24)45-34(28)42/h4,7-10,13-17,21-22,25,27-28,42H,5-6,11-12,18-19H2,1-3H3,(H,36,41)(H,37,39)/t22-,25+,27-,28?/m1/s1. The fourth-order valence-electron chi connectivity index (χ4n) is 6.44. The third kappa shape index (κ3) is 6.56. The van der Waals surface area contributed by atoms with E-state index >= 15 is 0 Å². The van der Waals surface area contributed by atoms with Crippen LogP contribution in [0.2, 0.25) is 0 Å². The zero-order valence-electron chi connectivity index (χ0n) is 25.8. The minimum atomic E-state index is -1.28. The van der Waals surface area contributed by atoms with Gasteiger partial charge in [0.05, 0.1) is 6.54 Å². The number of amides is 3. The molecule has 3 amide bonds. The van der Waals surface area contributed by atoms with Gasteiger partial charge in [-0.15, -0.1) is 0 Å². The summed E-state index contributed by atoms with van der Waals surface area (Å²) >= 11 is 0. The van der Waals surface area contributed by atoms with E-state index in [4.69, 9.17) is 14.1 Å². The summed E-state index contributed by atoms with van der Waals surface area (Å²) in [6, 6.07) is 14.8. The second kappa shape index (κ2) is 12.6. The Morgan fingerprint density at radius 1 is 1.04 bits per heavy atom. The average Bonchev–Trinajstić information content (AvgIpc) is 3.75. The van der Waals surface area contributed by atoms with Gasteiger partial charge in [0.15, 0.2) is 0 Å². The Morgan fingerprint density at radius 3 is 2.56 bits per heavy atom. The van der Waals surface area contributed by atoms with Crippen LogP contribution >= 0.6 is 0 Å². The largest absolute Gasteiger partial charge is 0.551 e. The number of pyridine rings is 1. The lowest BCUT2D eigenvalue weighted by Crippen LogP contribution is -2.58. The highest BCUT2D eigenvalue weighted by atomic mass is 16.6. The molecule has 3 aromatic rings. The molecule has 2 fully saturated rings. The third-order valence-electron chi connectivity index (χ3n) is 8.80. The van der Waals surface area contributed by atoms with Crippen molar-refractivity contribution >= 4 is 35.8 Å². The summed E-state index contributed by atoms with van der Waals surface area (Å²) in [7, 11) is -1.28. The number of carbonyl (C=O) groups excluding carboxylic acids is 3. The quantitative estimate of drug-likeness (QED) is 0.341. The van der Waals surface area contributed by atoms with Gasteiger partial charge in [-0.1, -0.05) is 57.2 Å². The molecule has 4 atom stereocenters. The van der Waals surface area contributed by atoms with Crippen molar-refractivity contribution in [1.82, 2.24) is 20.5 Å². The van der Waals surface area contributed by atoms with Crippen molar-refractivity contribution in [1.29, 1.82) is 0 Å². The highest BCUT2D eigenvalue weighted by Crippen LogP contribution is 2.35. The maximum Gasteiger partial charge on any atom is 0.551 e. The van der Waals surface area contributed by atoms with Crippen LogP contribution in [0.5, 0.6) is 11.6 Å². The Bertz CT molecular complexity index is 1570. The number of aromatic nitrogens is 1. The minimum absolute atomic E-state index is 0.0913. The smallest absolute Gasteiger partial charge is 0.534 e. The molecule has 3 N–H and O–H groups in total. The van der Waals surface area contributed by atoms with Crippen LogP contribution in [0.4, 0.5) is 4.79 Å². The maximum atomic E-state index is 14.3. The Labute approximate surface area is 262 Å². The first-order valence-corrected chi connectivity index (χ1v) is 15.6. The number of carbonyl (C=O) groups is 3. The molecule has 1 saturated carbocycles. The van der Waals surface area contributed by atoms with Crippen LogP contribution in [0.3, 0.4) is 0 Å². The second-order valence-corrected chi connectivity index (χ2v) is 13.1. The Balaban J connectivity index is 1.26. The molecule has 2 aromatic carbocycles. The molecular formula is C33H39BN4O7. The second-order valence-electron chi connectivity index (χ2n) is 13.1. The number of ether oxygens (including phenoxy) is 2. The van der Waals surface area contributed by atoms with Gasteiger partial charge in [0.25, 0.3) is 0 Å². The lowest BCUT2D eigenvalue weighted by molar-refractivity contribution is -0.142. The van der Waals surface area contributed by atoms with Crippen LogP contribution in [-0.4, -0.2) is 70.8 Å². The molecule has 2 aliphatic heterocycles. The van der Waals surface area contributed by atoms with Gasteiger partial charge in [0, 0.05) is 23.6 Å². The van der Waals surface area contributed by atoms with Gasteiger partial charge >= 0.3 is 13.2 Å². The Morgan fingerprint density at radius 2 is 1.78 bits per heavy atom. The molecule has 1 aliphatic carbocycles. The van der Waals surface area contributed by atoms with Gasteiger partial charge < -0.3 is 34.7 Å². The van der Waals surface area contributed by atoms with Gasteiger partial charge in [0.2, 0.25) is 17.7 Å². The molecule has 3 aliphatic rings. The van der Waals surface area contributed by atoms with Gasteiger partial charge in [-0.05, 0) is 54.7 Å². The highest BCUT2D eigenvalue weighted by molar-refractivity contribution is 6.47. The summed E-state index contributed by atoms with van der Waals surface area (Å²) in [5.41, 5.74) is -0.0527. The molecule has 6 rings (SSSR count). The number of likely N-dealkylation sites (tertiary alicyclic amines) is 1. The Hall–Kier alpha value is -4.32. The van der Waals surface area contributed by atoms with Gasteiger partial charge in [-0.3, -0.25) is 9.59 Å². The minimum Gasteiger partial charge on any atom is -0.534 e. The maximum absolute atomic E-state index is 14.3. The van der Waals surface area contributed by atoms with Gasteiger partial charge in [-0.25, -0.2) is 9.78 Å². The average molecular weight is 615 g/mol. The van der Waals surface area contributed by atoms with Crippen LogP contribution in [0, 0.1) is 5.41 Å². The molecule has 236 valence electrons. The Kier molecular flexibility index (Phi) is 8.59. The van der Waals surface area contributed by atoms with Crippen LogP contribution in [0.1, 0.15) is 64.4 Å². The molecule has 11 nitrogen and oxygen atoms in total. The van der Waals surface area contributed by atoms with E-state index in [1.165, 1.54) is 4.90 Å². The number of hydrogen-bond donors (Lipinski definition) is 3. The van der Waals surface area contributed by atoms with Crippen molar-refractivity contribution in [3.05, 3.63) is 66.4 Å². The lowest BCUT2D eigenvalue weighted by atomic mass is 9.77.